The van der Waals surface area contributed by atoms with E-state index in [0.717, 1.165) is 12.8 Å². The molecular formula is C24H28N6O5S. The number of fused-ring (bicyclic) bond motifs is 1. The van der Waals surface area contributed by atoms with E-state index in [1.165, 1.54) is 21.8 Å². The molecule has 1 saturated heterocycles. The highest BCUT2D eigenvalue weighted by Crippen LogP contribution is 2.33. The second kappa shape index (κ2) is 8.41. The maximum atomic E-state index is 13.2. The van der Waals surface area contributed by atoms with Crippen LogP contribution >= 0.6 is 0 Å². The van der Waals surface area contributed by atoms with Crippen LogP contribution in [0.1, 0.15) is 38.5 Å². The van der Waals surface area contributed by atoms with Gasteiger partial charge in [-0.15, -0.1) is 0 Å². The molecule has 0 unspecified atom stereocenters. The lowest BCUT2D eigenvalue weighted by molar-refractivity contribution is -0.137. The first-order valence-corrected chi connectivity index (χ1v) is 13.8. The maximum Gasteiger partial charge on any atom is 0.264 e. The molecule has 6 rings (SSSR count). The lowest BCUT2D eigenvalue weighted by Crippen LogP contribution is -2.50. The number of anilines is 1. The summed E-state index contributed by atoms with van der Waals surface area (Å²) < 4.78 is 29.8. The minimum Gasteiger partial charge on any atom is -0.388 e. The molecule has 2 aromatic heterocycles. The van der Waals surface area contributed by atoms with E-state index in [1.807, 2.05) is 4.90 Å². The summed E-state index contributed by atoms with van der Waals surface area (Å²) in [6.07, 6.45) is 6.97. The normalized spacial score (nSPS) is 20.0. The first-order valence-electron chi connectivity index (χ1n) is 12.3. The lowest BCUT2D eigenvalue weighted by atomic mass is 9.91. The van der Waals surface area contributed by atoms with Crippen molar-refractivity contribution in [3.05, 3.63) is 47.1 Å². The molecular weight excluding hydrogens is 484 g/mol. The SMILES string of the molecule is O=C(C1CC1)N1CCC(O)(Cn2cnc3c(cnn3-c3ccc(NS(=O)(=O)C4CC4)cc3)c2=O)CC1. The largest absolute Gasteiger partial charge is 0.388 e. The Morgan fingerprint density at radius 2 is 1.81 bits per heavy atom. The van der Waals surface area contributed by atoms with Gasteiger partial charge in [0.1, 0.15) is 11.7 Å². The van der Waals surface area contributed by atoms with Crippen LogP contribution in [0.3, 0.4) is 0 Å². The molecule has 190 valence electrons. The fourth-order valence-electron chi connectivity index (χ4n) is 4.75. The summed E-state index contributed by atoms with van der Waals surface area (Å²) >= 11 is 0. The van der Waals surface area contributed by atoms with Crippen molar-refractivity contribution >= 4 is 32.7 Å². The number of piperidine rings is 1. The first-order chi connectivity index (χ1) is 17.2. The zero-order valence-corrected chi connectivity index (χ0v) is 20.5. The van der Waals surface area contributed by atoms with E-state index in [4.69, 9.17) is 0 Å². The first kappa shape index (κ1) is 23.2. The fraction of sp³-hybridized carbons (Fsp3) is 0.500. The van der Waals surface area contributed by atoms with Crippen LogP contribution in [-0.4, -0.2) is 67.6 Å². The van der Waals surface area contributed by atoms with E-state index in [2.05, 4.69) is 14.8 Å². The summed E-state index contributed by atoms with van der Waals surface area (Å²) in [5.74, 6) is 0.336. The highest BCUT2D eigenvalue weighted by Gasteiger charge is 2.39. The van der Waals surface area contributed by atoms with Gasteiger partial charge in [0.05, 0.1) is 29.3 Å². The van der Waals surface area contributed by atoms with Gasteiger partial charge in [0.15, 0.2) is 5.65 Å². The van der Waals surface area contributed by atoms with E-state index in [9.17, 15) is 23.1 Å². The number of benzene rings is 1. The summed E-state index contributed by atoms with van der Waals surface area (Å²) in [5.41, 5.74) is 0.0920. The standard InChI is InChI=1S/C24H28N6O5S/c31-22(16-1-2-16)28-11-9-24(33,10-12-28)14-29-15-25-21-20(23(29)32)13-26-30(21)18-5-3-17(4-6-18)27-36(34,35)19-7-8-19/h3-6,13,15-16,19,27,33H,1-2,7-12,14H2. The Morgan fingerprint density at radius 3 is 2.44 bits per heavy atom. The average molecular weight is 513 g/mol. The van der Waals surface area contributed by atoms with Crippen LogP contribution in [-0.2, 0) is 21.4 Å². The molecule has 2 N–H and O–H groups in total. The molecule has 0 atom stereocenters. The van der Waals surface area contributed by atoms with Crippen molar-refractivity contribution in [2.45, 2.75) is 55.9 Å². The topological polar surface area (TPSA) is 139 Å². The van der Waals surface area contributed by atoms with Gasteiger partial charge >= 0.3 is 0 Å². The maximum absolute atomic E-state index is 13.2. The van der Waals surface area contributed by atoms with Crippen LogP contribution in [0.25, 0.3) is 16.7 Å². The van der Waals surface area contributed by atoms with Gasteiger partial charge < -0.3 is 10.0 Å². The zero-order chi connectivity index (χ0) is 25.1. The molecule has 0 spiro atoms. The Kier molecular flexibility index (Phi) is 5.41. The van der Waals surface area contributed by atoms with E-state index in [0.29, 0.717) is 61.2 Å². The molecule has 3 aromatic rings. The van der Waals surface area contributed by atoms with Gasteiger partial charge in [-0.1, -0.05) is 0 Å². The third-order valence-electron chi connectivity index (χ3n) is 7.29. The van der Waals surface area contributed by atoms with Crippen LogP contribution in [0.4, 0.5) is 5.69 Å². The second-order valence-electron chi connectivity index (χ2n) is 10.2. The number of aromatic nitrogens is 4. The summed E-state index contributed by atoms with van der Waals surface area (Å²) in [6.45, 7) is 1.07. The van der Waals surface area contributed by atoms with Gasteiger partial charge in [0.2, 0.25) is 15.9 Å². The lowest BCUT2D eigenvalue weighted by Gasteiger charge is -2.38. The van der Waals surface area contributed by atoms with Crippen LogP contribution in [0.15, 0.2) is 41.6 Å². The Balaban J connectivity index is 1.18. The number of sulfonamides is 1. The van der Waals surface area contributed by atoms with Crippen LogP contribution < -0.4 is 10.3 Å². The summed E-state index contributed by atoms with van der Waals surface area (Å²) in [5, 5.41) is 15.4. The van der Waals surface area contributed by atoms with Crippen LogP contribution in [0.2, 0.25) is 0 Å². The van der Waals surface area contributed by atoms with Crippen molar-refractivity contribution in [2.24, 2.45) is 5.92 Å². The molecule has 1 amide bonds. The fourth-order valence-corrected chi connectivity index (χ4v) is 6.14. The number of carbonyl (C=O) groups is 1. The zero-order valence-electron chi connectivity index (χ0n) is 19.7. The molecule has 2 aliphatic carbocycles. The molecule has 1 aliphatic heterocycles. The Bertz CT molecular complexity index is 1480. The Morgan fingerprint density at radius 1 is 1.11 bits per heavy atom. The van der Waals surface area contributed by atoms with Crippen molar-refractivity contribution in [3.8, 4) is 5.69 Å². The average Bonchev–Trinajstić information content (AvgIpc) is 3.78. The predicted molar refractivity (Wildman–Crippen MR) is 132 cm³/mol. The molecule has 3 fully saturated rings. The minimum absolute atomic E-state index is 0.0985. The van der Waals surface area contributed by atoms with Crippen molar-refractivity contribution < 1.29 is 18.3 Å². The molecule has 11 nitrogen and oxygen atoms in total. The third-order valence-corrected chi connectivity index (χ3v) is 9.16. The molecule has 3 aliphatic rings. The van der Waals surface area contributed by atoms with Gasteiger partial charge in [0, 0.05) is 24.7 Å². The number of carbonyl (C=O) groups excluding carboxylic acids is 1. The van der Waals surface area contributed by atoms with E-state index in [1.54, 1.807) is 24.3 Å². The van der Waals surface area contributed by atoms with Gasteiger partial charge in [-0.05, 0) is 62.8 Å². The number of rotatable bonds is 7. The Hall–Kier alpha value is -3.25. The predicted octanol–water partition coefficient (Wildman–Crippen LogP) is 1.25. The number of hydrogen-bond acceptors (Lipinski definition) is 7. The van der Waals surface area contributed by atoms with Crippen molar-refractivity contribution in [1.29, 1.82) is 0 Å². The van der Waals surface area contributed by atoms with Gasteiger partial charge in [-0.25, -0.2) is 18.1 Å². The number of nitrogens with zero attached hydrogens (tertiary/aromatic N) is 5. The van der Waals surface area contributed by atoms with Crippen molar-refractivity contribution in [3.63, 3.8) is 0 Å². The van der Waals surface area contributed by atoms with Crippen molar-refractivity contribution in [1.82, 2.24) is 24.2 Å². The highest BCUT2D eigenvalue weighted by atomic mass is 32.2. The molecule has 12 heteroatoms. The summed E-state index contributed by atoms with van der Waals surface area (Å²) in [7, 11) is -3.35. The second-order valence-corrected chi connectivity index (χ2v) is 12.1. The molecule has 2 saturated carbocycles. The quantitative estimate of drug-likeness (QED) is 0.486. The number of hydrogen-bond donors (Lipinski definition) is 2. The number of amides is 1. The van der Waals surface area contributed by atoms with E-state index < -0.39 is 15.6 Å². The minimum atomic E-state index is -3.35. The summed E-state index contributed by atoms with van der Waals surface area (Å²) in [4.78, 5) is 31.7. The number of nitrogens with one attached hydrogen (secondary N) is 1. The molecule has 36 heavy (non-hydrogen) atoms. The van der Waals surface area contributed by atoms with Crippen LogP contribution in [0, 0.1) is 5.92 Å². The molecule has 0 bridgehead atoms. The van der Waals surface area contributed by atoms with E-state index in [-0.39, 0.29) is 29.2 Å². The van der Waals surface area contributed by atoms with Gasteiger partial charge in [-0.2, -0.15) is 5.10 Å². The molecule has 1 aromatic carbocycles. The number of likely N-dealkylation sites (tertiary alicyclic amines) is 1. The smallest absolute Gasteiger partial charge is 0.264 e. The molecule has 3 heterocycles. The van der Waals surface area contributed by atoms with Crippen LogP contribution in [0.5, 0.6) is 0 Å². The van der Waals surface area contributed by atoms with Gasteiger partial charge in [0.25, 0.3) is 5.56 Å². The highest BCUT2D eigenvalue weighted by molar-refractivity contribution is 7.93. The summed E-state index contributed by atoms with van der Waals surface area (Å²) in [6, 6.07) is 6.73. The molecule has 0 radical (unpaired) electrons. The van der Waals surface area contributed by atoms with Crippen molar-refractivity contribution in [2.75, 3.05) is 17.8 Å². The monoisotopic (exact) mass is 512 g/mol. The number of aliphatic hydroxyl groups is 1. The Labute approximate surface area is 207 Å². The third kappa shape index (κ3) is 4.39. The van der Waals surface area contributed by atoms with E-state index >= 15 is 0 Å². The van der Waals surface area contributed by atoms with Gasteiger partial charge in [-0.3, -0.25) is 18.9 Å².